The van der Waals surface area contributed by atoms with Crippen molar-refractivity contribution in [2.45, 2.75) is 13.5 Å². The van der Waals surface area contributed by atoms with Gasteiger partial charge in [0.05, 0.1) is 11.6 Å². The van der Waals surface area contributed by atoms with Crippen molar-refractivity contribution in [1.29, 1.82) is 0 Å². The van der Waals surface area contributed by atoms with E-state index in [2.05, 4.69) is 33.4 Å². The summed E-state index contributed by atoms with van der Waals surface area (Å²) in [7, 11) is 0. The number of hydrogen-bond acceptors (Lipinski definition) is 2. The second kappa shape index (κ2) is 6.83. The lowest BCUT2D eigenvalue weighted by atomic mass is 10.2. The molecule has 0 aromatic heterocycles. The van der Waals surface area contributed by atoms with E-state index in [1.807, 2.05) is 37.3 Å². The highest BCUT2D eigenvalue weighted by Crippen LogP contribution is 2.25. The molecule has 0 bridgehead atoms. The zero-order chi connectivity index (χ0) is 13.7. The van der Waals surface area contributed by atoms with Crippen LogP contribution in [-0.4, -0.2) is 6.61 Å². The molecule has 0 radical (unpaired) electrons. The van der Waals surface area contributed by atoms with Crippen molar-refractivity contribution >= 4 is 33.2 Å². The Kier molecular flexibility index (Phi) is 5.11. The molecule has 2 aromatic carbocycles. The van der Waals surface area contributed by atoms with Crippen molar-refractivity contribution in [3.05, 3.63) is 57.5 Å². The van der Waals surface area contributed by atoms with Crippen LogP contribution in [0.2, 0.25) is 5.02 Å². The Morgan fingerprint density at radius 2 is 1.89 bits per heavy atom. The maximum atomic E-state index is 6.05. The van der Waals surface area contributed by atoms with Crippen LogP contribution in [-0.2, 0) is 6.54 Å². The van der Waals surface area contributed by atoms with E-state index in [-0.39, 0.29) is 0 Å². The normalized spacial score (nSPS) is 10.3. The van der Waals surface area contributed by atoms with Gasteiger partial charge in [0.15, 0.2) is 0 Å². The summed E-state index contributed by atoms with van der Waals surface area (Å²) in [5.41, 5.74) is 2.20. The monoisotopic (exact) mass is 339 g/mol. The van der Waals surface area contributed by atoms with Gasteiger partial charge in [0, 0.05) is 16.7 Å². The van der Waals surface area contributed by atoms with Crippen molar-refractivity contribution in [2.75, 3.05) is 11.9 Å². The van der Waals surface area contributed by atoms with Crippen molar-refractivity contribution in [2.24, 2.45) is 0 Å². The van der Waals surface area contributed by atoms with Crippen LogP contribution in [0, 0.1) is 0 Å². The number of anilines is 1. The van der Waals surface area contributed by atoms with Gasteiger partial charge in [-0.3, -0.25) is 0 Å². The summed E-state index contributed by atoms with van der Waals surface area (Å²) in [5, 5.41) is 4.04. The molecule has 0 aliphatic heterocycles. The third-order valence-corrected chi connectivity index (χ3v) is 3.88. The lowest BCUT2D eigenvalue weighted by molar-refractivity contribution is 0.340. The Morgan fingerprint density at radius 1 is 1.16 bits per heavy atom. The van der Waals surface area contributed by atoms with E-state index >= 15 is 0 Å². The van der Waals surface area contributed by atoms with Gasteiger partial charge in [-0.05, 0) is 58.7 Å². The molecule has 0 fully saturated rings. The van der Waals surface area contributed by atoms with Crippen LogP contribution >= 0.6 is 27.5 Å². The zero-order valence-electron chi connectivity index (χ0n) is 10.6. The second-order valence-corrected chi connectivity index (χ2v) is 5.32. The molecule has 0 unspecified atom stereocenters. The Hall–Kier alpha value is -1.19. The molecule has 4 heteroatoms. The molecule has 1 N–H and O–H groups in total. The van der Waals surface area contributed by atoms with Gasteiger partial charge in [-0.25, -0.2) is 0 Å². The SMILES string of the molecule is CCOc1ccc(CNc2ccc(Br)c(Cl)c2)cc1. The number of benzene rings is 2. The molecule has 2 aromatic rings. The fraction of sp³-hybridized carbons (Fsp3) is 0.200. The summed E-state index contributed by atoms with van der Waals surface area (Å²) in [6, 6.07) is 13.9. The van der Waals surface area contributed by atoms with Crippen LogP contribution in [0.5, 0.6) is 5.75 Å². The summed E-state index contributed by atoms with van der Waals surface area (Å²) < 4.78 is 6.31. The minimum absolute atomic E-state index is 0.689. The first-order chi connectivity index (χ1) is 9.19. The van der Waals surface area contributed by atoms with E-state index in [1.165, 1.54) is 5.56 Å². The van der Waals surface area contributed by atoms with Gasteiger partial charge in [0.1, 0.15) is 5.75 Å². The molecule has 0 saturated carbocycles. The van der Waals surface area contributed by atoms with Crippen LogP contribution < -0.4 is 10.1 Å². The van der Waals surface area contributed by atoms with Gasteiger partial charge in [0.25, 0.3) is 0 Å². The molecule has 2 rings (SSSR count). The van der Waals surface area contributed by atoms with Crippen molar-refractivity contribution in [1.82, 2.24) is 0 Å². The van der Waals surface area contributed by atoms with Gasteiger partial charge in [-0.15, -0.1) is 0 Å². The van der Waals surface area contributed by atoms with Gasteiger partial charge in [-0.1, -0.05) is 23.7 Å². The van der Waals surface area contributed by atoms with Gasteiger partial charge < -0.3 is 10.1 Å². The van der Waals surface area contributed by atoms with Gasteiger partial charge >= 0.3 is 0 Å². The Labute approximate surface area is 126 Å². The molecule has 0 heterocycles. The summed E-state index contributed by atoms with van der Waals surface area (Å²) >= 11 is 9.42. The Balaban J connectivity index is 1.96. The Bertz CT molecular complexity index is 542. The first kappa shape index (κ1) is 14.2. The molecule has 2 nitrogen and oxygen atoms in total. The van der Waals surface area contributed by atoms with Gasteiger partial charge in [0.2, 0.25) is 0 Å². The van der Waals surface area contributed by atoms with E-state index < -0.39 is 0 Å². The molecule has 19 heavy (non-hydrogen) atoms. The minimum Gasteiger partial charge on any atom is -0.494 e. The standard InChI is InChI=1S/C15H15BrClNO/c1-2-19-13-6-3-11(4-7-13)10-18-12-5-8-14(16)15(17)9-12/h3-9,18H,2,10H2,1H3. The van der Waals surface area contributed by atoms with Crippen molar-refractivity contribution < 1.29 is 4.74 Å². The summed E-state index contributed by atoms with van der Waals surface area (Å²) in [5.74, 6) is 0.901. The van der Waals surface area contributed by atoms with Crippen LogP contribution in [0.4, 0.5) is 5.69 Å². The highest BCUT2D eigenvalue weighted by molar-refractivity contribution is 9.10. The first-order valence-corrected chi connectivity index (χ1v) is 7.27. The third kappa shape index (κ3) is 4.15. The molecule has 0 spiro atoms. The zero-order valence-corrected chi connectivity index (χ0v) is 13.0. The van der Waals surface area contributed by atoms with Gasteiger partial charge in [-0.2, -0.15) is 0 Å². The predicted octanol–water partition coefficient (Wildman–Crippen LogP) is 5.11. The quantitative estimate of drug-likeness (QED) is 0.816. The van der Waals surface area contributed by atoms with Crippen LogP contribution in [0.3, 0.4) is 0 Å². The average molecular weight is 341 g/mol. The first-order valence-electron chi connectivity index (χ1n) is 6.09. The highest BCUT2D eigenvalue weighted by Gasteiger charge is 1.99. The van der Waals surface area contributed by atoms with E-state index in [1.54, 1.807) is 0 Å². The van der Waals surface area contributed by atoms with Crippen LogP contribution in [0.1, 0.15) is 12.5 Å². The van der Waals surface area contributed by atoms with E-state index in [9.17, 15) is 0 Å². The van der Waals surface area contributed by atoms with Crippen LogP contribution in [0.15, 0.2) is 46.9 Å². The molecule has 0 saturated heterocycles. The van der Waals surface area contributed by atoms with Crippen LogP contribution in [0.25, 0.3) is 0 Å². The average Bonchev–Trinajstić information content (AvgIpc) is 2.42. The third-order valence-electron chi connectivity index (χ3n) is 2.65. The topological polar surface area (TPSA) is 21.3 Å². The van der Waals surface area contributed by atoms with E-state index in [0.717, 1.165) is 22.5 Å². The predicted molar refractivity (Wildman–Crippen MR) is 84.1 cm³/mol. The number of ether oxygens (including phenoxy) is 1. The molecule has 100 valence electrons. The minimum atomic E-state index is 0.689. The lowest BCUT2D eigenvalue weighted by Gasteiger charge is -2.08. The van der Waals surface area contributed by atoms with Crippen molar-refractivity contribution in [3.63, 3.8) is 0 Å². The fourth-order valence-corrected chi connectivity index (χ4v) is 2.11. The summed E-state index contributed by atoms with van der Waals surface area (Å²) in [4.78, 5) is 0. The molecule has 0 aliphatic carbocycles. The largest absolute Gasteiger partial charge is 0.494 e. The fourth-order valence-electron chi connectivity index (χ4n) is 1.68. The molecule has 0 aliphatic rings. The number of rotatable bonds is 5. The smallest absolute Gasteiger partial charge is 0.119 e. The maximum Gasteiger partial charge on any atom is 0.119 e. The Morgan fingerprint density at radius 3 is 2.53 bits per heavy atom. The number of hydrogen-bond donors (Lipinski definition) is 1. The molecule has 0 amide bonds. The molecular weight excluding hydrogens is 326 g/mol. The summed E-state index contributed by atoms with van der Waals surface area (Å²) in [6.07, 6.45) is 0. The van der Waals surface area contributed by atoms with E-state index in [0.29, 0.717) is 11.6 Å². The molecular formula is C15H15BrClNO. The number of halogens is 2. The second-order valence-electron chi connectivity index (χ2n) is 4.06. The summed E-state index contributed by atoms with van der Waals surface area (Å²) in [6.45, 7) is 3.42. The van der Waals surface area contributed by atoms with E-state index in [4.69, 9.17) is 16.3 Å². The highest BCUT2D eigenvalue weighted by atomic mass is 79.9. The maximum absolute atomic E-state index is 6.05. The van der Waals surface area contributed by atoms with Crippen molar-refractivity contribution in [3.8, 4) is 5.75 Å². The molecule has 0 atom stereocenters. The number of nitrogens with one attached hydrogen (secondary N) is 1. The lowest BCUT2D eigenvalue weighted by Crippen LogP contribution is -1.99.